The van der Waals surface area contributed by atoms with Crippen LogP contribution in [-0.4, -0.2) is 16.5 Å². The first-order valence-corrected chi connectivity index (χ1v) is 7.23. The monoisotopic (exact) mass is 267 g/mol. The zero-order chi connectivity index (χ0) is 13.1. The number of nitrogens with zero attached hydrogens (tertiary/aromatic N) is 2. The molecular weight excluding hydrogens is 246 g/mol. The van der Waals surface area contributed by atoms with E-state index in [-0.39, 0.29) is 0 Å². The first-order chi connectivity index (χ1) is 8.58. The fourth-order valence-electron chi connectivity index (χ4n) is 1.94. The summed E-state index contributed by atoms with van der Waals surface area (Å²) in [6.07, 6.45) is 5.40. The largest absolute Gasteiger partial charge is 0.370 e. The average Bonchev–Trinajstić information content (AvgIpc) is 3.13. The van der Waals surface area contributed by atoms with E-state index in [0.29, 0.717) is 11.1 Å². The second-order valence-corrected chi connectivity index (χ2v) is 5.87. The first-order valence-electron chi connectivity index (χ1n) is 6.86. The maximum atomic E-state index is 6.15. The van der Waals surface area contributed by atoms with Gasteiger partial charge in [0.2, 0.25) is 0 Å². The summed E-state index contributed by atoms with van der Waals surface area (Å²) < 4.78 is 0. The Morgan fingerprint density at radius 2 is 2.06 bits per heavy atom. The number of halogens is 1. The maximum Gasteiger partial charge on any atom is 0.137 e. The van der Waals surface area contributed by atoms with Crippen molar-refractivity contribution in [3.05, 3.63) is 16.5 Å². The highest BCUT2D eigenvalue weighted by molar-refractivity contribution is 6.30. The summed E-state index contributed by atoms with van der Waals surface area (Å²) in [6, 6.07) is 0. The van der Waals surface area contributed by atoms with Gasteiger partial charge in [0.25, 0.3) is 0 Å². The molecule has 0 unspecified atom stereocenters. The molecule has 0 aliphatic heterocycles. The van der Waals surface area contributed by atoms with Crippen molar-refractivity contribution in [3.8, 4) is 0 Å². The molecule has 0 saturated heterocycles. The van der Waals surface area contributed by atoms with Crippen molar-refractivity contribution in [2.24, 2.45) is 5.92 Å². The highest BCUT2D eigenvalue weighted by Gasteiger charge is 2.20. The van der Waals surface area contributed by atoms with Gasteiger partial charge < -0.3 is 5.32 Å². The smallest absolute Gasteiger partial charge is 0.137 e. The van der Waals surface area contributed by atoms with Crippen molar-refractivity contribution in [3.63, 3.8) is 0 Å². The van der Waals surface area contributed by atoms with Crippen LogP contribution in [0.3, 0.4) is 0 Å². The molecule has 1 N–H and O–H groups in total. The Balaban J connectivity index is 1.96. The third kappa shape index (κ3) is 3.58. The number of anilines is 1. The number of hydrogen-bond acceptors (Lipinski definition) is 3. The summed E-state index contributed by atoms with van der Waals surface area (Å²) in [5.74, 6) is 3.01. The zero-order valence-electron chi connectivity index (χ0n) is 11.5. The second-order valence-electron chi connectivity index (χ2n) is 5.51. The normalized spacial score (nSPS) is 15.2. The Kier molecular flexibility index (Phi) is 4.44. The number of rotatable bonds is 6. The summed E-state index contributed by atoms with van der Waals surface area (Å²) in [5, 5.41) is 3.96. The molecule has 1 aromatic rings. The van der Waals surface area contributed by atoms with Crippen LogP contribution in [0.5, 0.6) is 0 Å². The third-order valence-electron chi connectivity index (χ3n) is 3.40. The average molecular weight is 268 g/mol. The fourth-order valence-corrected chi connectivity index (χ4v) is 2.12. The fraction of sp³-hybridized carbons (Fsp3) is 0.714. The van der Waals surface area contributed by atoms with E-state index in [9.17, 15) is 0 Å². The molecule has 0 bridgehead atoms. The molecule has 0 spiro atoms. The molecule has 1 fully saturated rings. The van der Waals surface area contributed by atoms with Crippen molar-refractivity contribution >= 4 is 17.4 Å². The molecule has 1 aliphatic rings. The summed E-state index contributed by atoms with van der Waals surface area (Å²) in [6.45, 7) is 7.10. The van der Waals surface area contributed by atoms with Gasteiger partial charge in [0.15, 0.2) is 0 Å². The molecule has 2 rings (SSSR count). The molecule has 0 aromatic carbocycles. The SMILES string of the molecule is Cc1c(Cl)nc(C(C)C)nc1NCCCC1CC1. The van der Waals surface area contributed by atoms with E-state index >= 15 is 0 Å². The lowest BCUT2D eigenvalue weighted by Gasteiger charge is -2.12. The molecule has 1 aromatic heterocycles. The number of hydrogen-bond donors (Lipinski definition) is 1. The molecule has 1 aliphatic carbocycles. The summed E-state index contributed by atoms with van der Waals surface area (Å²) in [7, 11) is 0. The highest BCUT2D eigenvalue weighted by Crippen LogP contribution is 2.33. The molecule has 0 atom stereocenters. The molecule has 100 valence electrons. The molecule has 4 heteroatoms. The Labute approximate surface area is 114 Å². The first kappa shape index (κ1) is 13.6. The van der Waals surface area contributed by atoms with Crippen LogP contribution in [0.15, 0.2) is 0 Å². The predicted octanol–water partition coefficient (Wildman–Crippen LogP) is 4.16. The zero-order valence-corrected chi connectivity index (χ0v) is 12.2. The Bertz CT molecular complexity index is 414. The van der Waals surface area contributed by atoms with Crippen molar-refractivity contribution < 1.29 is 0 Å². The minimum absolute atomic E-state index is 0.301. The summed E-state index contributed by atoms with van der Waals surface area (Å²) >= 11 is 6.15. The maximum absolute atomic E-state index is 6.15. The van der Waals surface area contributed by atoms with E-state index in [0.717, 1.165) is 29.7 Å². The van der Waals surface area contributed by atoms with Gasteiger partial charge in [-0.25, -0.2) is 9.97 Å². The summed E-state index contributed by atoms with van der Waals surface area (Å²) in [4.78, 5) is 8.87. The van der Waals surface area contributed by atoms with Crippen molar-refractivity contribution in [1.29, 1.82) is 0 Å². The van der Waals surface area contributed by atoms with E-state index < -0.39 is 0 Å². The van der Waals surface area contributed by atoms with Crippen LogP contribution in [0.4, 0.5) is 5.82 Å². The lowest BCUT2D eigenvalue weighted by molar-refractivity contribution is 0.685. The molecule has 1 saturated carbocycles. The Hall–Kier alpha value is -0.830. The second kappa shape index (κ2) is 5.87. The van der Waals surface area contributed by atoms with E-state index in [1.165, 1.54) is 25.7 Å². The van der Waals surface area contributed by atoms with Crippen molar-refractivity contribution in [1.82, 2.24) is 9.97 Å². The third-order valence-corrected chi connectivity index (χ3v) is 3.77. The predicted molar refractivity (Wildman–Crippen MR) is 76.3 cm³/mol. The lowest BCUT2D eigenvalue weighted by Crippen LogP contribution is -2.09. The minimum Gasteiger partial charge on any atom is -0.370 e. The minimum atomic E-state index is 0.301. The number of aromatic nitrogens is 2. The Morgan fingerprint density at radius 1 is 1.33 bits per heavy atom. The quantitative estimate of drug-likeness (QED) is 0.621. The van der Waals surface area contributed by atoms with E-state index in [1.807, 2.05) is 6.92 Å². The van der Waals surface area contributed by atoms with Gasteiger partial charge >= 0.3 is 0 Å². The van der Waals surface area contributed by atoms with Gasteiger partial charge in [-0.15, -0.1) is 0 Å². The molecule has 18 heavy (non-hydrogen) atoms. The standard InChI is InChI=1S/C14H22ClN3/c1-9(2)13-17-12(15)10(3)14(18-13)16-8-4-5-11-6-7-11/h9,11H,4-8H2,1-3H3,(H,16,17,18). The van der Waals surface area contributed by atoms with E-state index in [4.69, 9.17) is 11.6 Å². The van der Waals surface area contributed by atoms with Gasteiger partial charge in [0.1, 0.15) is 16.8 Å². The van der Waals surface area contributed by atoms with Gasteiger partial charge in [-0.1, -0.05) is 38.3 Å². The van der Waals surface area contributed by atoms with Crippen LogP contribution < -0.4 is 5.32 Å². The van der Waals surface area contributed by atoms with Crippen LogP contribution in [0.1, 0.15) is 56.8 Å². The highest BCUT2D eigenvalue weighted by atomic mass is 35.5. The lowest BCUT2D eigenvalue weighted by atomic mass is 10.2. The van der Waals surface area contributed by atoms with E-state index in [2.05, 4.69) is 29.1 Å². The van der Waals surface area contributed by atoms with Gasteiger partial charge in [0, 0.05) is 18.0 Å². The van der Waals surface area contributed by atoms with Crippen molar-refractivity contribution in [2.45, 2.75) is 52.4 Å². The molecule has 0 amide bonds. The number of nitrogens with one attached hydrogen (secondary N) is 1. The van der Waals surface area contributed by atoms with Crippen LogP contribution in [0, 0.1) is 12.8 Å². The molecule has 3 nitrogen and oxygen atoms in total. The topological polar surface area (TPSA) is 37.8 Å². The van der Waals surface area contributed by atoms with Crippen LogP contribution in [0.25, 0.3) is 0 Å². The molecular formula is C14H22ClN3. The van der Waals surface area contributed by atoms with Crippen LogP contribution in [0.2, 0.25) is 5.15 Å². The van der Waals surface area contributed by atoms with Gasteiger partial charge in [0.05, 0.1) is 0 Å². The molecule has 1 heterocycles. The Morgan fingerprint density at radius 3 is 2.67 bits per heavy atom. The van der Waals surface area contributed by atoms with Crippen LogP contribution in [-0.2, 0) is 0 Å². The van der Waals surface area contributed by atoms with Crippen LogP contribution >= 0.6 is 11.6 Å². The summed E-state index contributed by atoms with van der Waals surface area (Å²) in [5.41, 5.74) is 0.951. The molecule has 0 radical (unpaired) electrons. The van der Waals surface area contributed by atoms with Gasteiger partial charge in [-0.2, -0.15) is 0 Å². The van der Waals surface area contributed by atoms with Gasteiger partial charge in [-0.3, -0.25) is 0 Å². The van der Waals surface area contributed by atoms with Gasteiger partial charge in [-0.05, 0) is 25.7 Å². The van der Waals surface area contributed by atoms with E-state index in [1.54, 1.807) is 0 Å². The van der Waals surface area contributed by atoms with Crippen molar-refractivity contribution in [2.75, 3.05) is 11.9 Å².